The number of hydrogen-bond donors (Lipinski definition) is 0. The SMILES string of the molecule is c1ccc2c(c1)Oc1ccc(-c3nc(-c4ccc(-c5cccc6ccccc56)cc4)nc4c3sc3ccccc34)cc1C21c2ccccc2-c2c1ccc1ccccc21. The number of nitrogens with zero attached hydrogens (tertiary/aromatic N) is 2. The van der Waals surface area contributed by atoms with Crippen LogP contribution >= 0.6 is 11.3 Å². The van der Waals surface area contributed by atoms with Crippen molar-refractivity contribution in [1.82, 2.24) is 9.97 Å². The van der Waals surface area contributed by atoms with Crippen LogP contribution in [0.1, 0.15) is 22.3 Å². The van der Waals surface area contributed by atoms with Crippen LogP contribution in [-0.2, 0) is 5.41 Å². The van der Waals surface area contributed by atoms with Gasteiger partial charge in [-0.3, -0.25) is 0 Å². The summed E-state index contributed by atoms with van der Waals surface area (Å²) in [5.41, 5.74) is 13.0. The zero-order valence-corrected chi connectivity index (χ0v) is 32.5. The smallest absolute Gasteiger partial charge is 0.160 e. The number of benzene rings is 9. The van der Waals surface area contributed by atoms with Crippen LogP contribution in [0.5, 0.6) is 11.5 Å². The third-order valence-electron chi connectivity index (χ3n) is 12.6. The van der Waals surface area contributed by atoms with Gasteiger partial charge >= 0.3 is 0 Å². The van der Waals surface area contributed by atoms with E-state index in [1.807, 2.05) is 0 Å². The van der Waals surface area contributed by atoms with E-state index in [4.69, 9.17) is 14.7 Å². The van der Waals surface area contributed by atoms with Gasteiger partial charge in [-0.15, -0.1) is 11.3 Å². The maximum absolute atomic E-state index is 6.85. The minimum atomic E-state index is -0.608. The molecule has 3 heterocycles. The lowest BCUT2D eigenvalue weighted by Crippen LogP contribution is -2.32. The van der Waals surface area contributed by atoms with Gasteiger partial charge in [0.1, 0.15) is 11.5 Å². The lowest BCUT2D eigenvalue weighted by Gasteiger charge is -2.39. The van der Waals surface area contributed by atoms with E-state index < -0.39 is 5.41 Å². The highest BCUT2D eigenvalue weighted by Crippen LogP contribution is 2.63. The van der Waals surface area contributed by atoms with E-state index in [-0.39, 0.29) is 0 Å². The number of aromatic nitrogens is 2. The van der Waals surface area contributed by atoms with Crippen molar-refractivity contribution in [3.8, 4) is 56.4 Å². The van der Waals surface area contributed by atoms with Gasteiger partial charge in [0.25, 0.3) is 0 Å². The van der Waals surface area contributed by atoms with Crippen molar-refractivity contribution in [2.24, 2.45) is 0 Å². The molecule has 274 valence electrons. The van der Waals surface area contributed by atoms with E-state index in [9.17, 15) is 0 Å². The summed E-state index contributed by atoms with van der Waals surface area (Å²) in [5, 5.41) is 6.11. The molecule has 2 aliphatic rings. The van der Waals surface area contributed by atoms with Crippen molar-refractivity contribution in [1.29, 1.82) is 0 Å². The maximum Gasteiger partial charge on any atom is 0.160 e. The average molecular weight is 769 g/mol. The van der Waals surface area contributed by atoms with Gasteiger partial charge in [0.15, 0.2) is 5.82 Å². The van der Waals surface area contributed by atoms with Crippen molar-refractivity contribution in [2.75, 3.05) is 0 Å². The maximum atomic E-state index is 6.85. The molecule has 3 nitrogen and oxygen atoms in total. The second-order valence-corrected chi connectivity index (χ2v) is 16.6. The van der Waals surface area contributed by atoms with Crippen molar-refractivity contribution < 1.29 is 4.74 Å². The molecule has 11 aromatic rings. The quantitative estimate of drug-likeness (QED) is 0.180. The lowest BCUT2D eigenvalue weighted by molar-refractivity contribution is 0.436. The summed E-state index contributed by atoms with van der Waals surface area (Å²) in [5.74, 6) is 2.44. The normalized spacial score (nSPS) is 15.0. The van der Waals surface area contributed by atoms with Crippen LogP contribution in [0.3, 0.4) is 0 Å². The van der Waals surface area contributed by atoms with Crippen LogP contribution in [-0.4, -0.2) is 9.97 Å². The molecule has 0 radical (unpaired) electrons. The first-order valence-corrected chi connectivity index (χ1v) is 20.9. The predicted molar refractivity (Wildman–Crippen MR) is 244 cm³/mol. The molecule has 0 bridgehead atoms. The van der Waals surface area contributed by atoms with Gasteiger partial charge in [-0.25, -0.2) is 9.97 Å². The zero-order chi connectivity index (χ0) is 38.7. The molecule has 1 aliphatic carbocycles. The summed E-state index contributed by atoms with van der Waals surface area (Å²) in [6.45, 7) is 0. The van der Waals surface area contributed by atoms with E-state index in [1.54, 1.807) is 11.3 Å². The van der Waals surface area contributed by atoms with Crippen molar-refractivity contribution in [3.63, 3.8) is 0 Å². The summed E-state index contributed by atoms with van der Waals surface area (Å²) in [6, 6.07) is 70.0. The van der Waals surface area contributed by atoms with Gasteiger partial charge < -0.3 is 4.74 Å². The number of rotatable bonds is 3. The molecule has 9 aromatic carbocycles. The molecule has 1 unspecified atom stereocenters. The van der Waals surface area contributed by atoms with Crippen LogP contribution in [0, 0.1) is 0 Å². The molecule has 1 atom stereocenters. The Labute approximate surface area is 344 Å². The Morgan fingerprint density at radius 2 is 1.07 bits per heavy atom. The second-order valence-electron chi connectivity index (χ2n) is 15.6. The molecule has 59 heavy (non-hydrogen) atoms. The Balaban J connectivity index is 1.05. The minimum Gasteiger partial charge on any atom is -0.457 e. The van der Waals surface area contributed by atoms with E-state index in [2.05, 4.69) is 194 Å². The first-order valence-electron chi connectivity index (χ1n) is 20.1. The van der Waals surface area contributed by atoms with Crippen LogP contribution in [0.25, 0.3) is 86.7 Å². The third-order valence-corrected chi connectivity index (χ3v) is 13.7. The van der Waals surface area contributed by atoms with Gasteiger partial charge in [0.2, 0.25) is 0 Å². The zero-order valence-electron chi connectivity index (χ0n) is 31.7. The standard InChI is InChI=1S/C55H32N2OS/c1-3-15-38-33(12-1)14-11-19-39(38)35-24-26-36(27-25-35)54-56-51(53-52(57-54)42-18-6-10-23-49(42)59-53)37-29-31-48-46(32-37)55(44-21-8-9-22-47(44)58-48)43-20-7-5-17-41(43)50-40-16-4-2-13-34(40)28-30-45(50)55/h1-32H. The Kier molecular flexibility index (Phi) is 6.81. The Hall–Kier alpha value is -7.40. The predicted octanol–water partition coefficient (Wildman–Crippen LogP) is 14.6. The molecule has 4 heteroatoms. The Morgan fingerprint density at radius 1 is 0.424 bits per heavy atom. The highest BCUT2D eigenvalue weighted by atomic mass is 32.1. The van der Waals surface area contributed by atoms with Crippen molar-refractivity contribution >= 4 is 53.2 Å². The molecule has 0 N–H and O–H groups in total. The highest BCUT2D eigenvalue weighted by molar-refractivity contribution is 7.26. The summed E-state index contributed by atoms with van der Waals surface area (Å²) in [7, 11) is 0. The van der Waals surface area contributed by atoms with E-state index in [0.717, 1.165) is 60.6 Å². The van der Waals surface area contributed by atoms with E-state index >= 15 is 0 Å². The number of hydrogen-bond acceptors (Lipinski definition) is 4. The molecule has 0 fully saturated rings. The third kappa shape index (κ3) is 4.58. The number of thiophene rings is 1. The van der Waals surface area contributed by atoms with E-state index in [1.165, 1.54) is 54.1 Å². The van der Waals surface area contributed by atoms with Crippen LogP contribution in [0.15, 0.2) is 194 Å². The van der Waals surface area contributed by atoms with E-state index in [0.29, 0.717) is 5.82 Å². The summed E-state index contributed by atoms with van der Waals surface area (Å²) in [6.07, 6.45) is 0. The lowest BCUT2D eigenvalue weighted by atomic mass is 9.65. The average Bonchev–Trinajstić information content (AvgIpc) is 3.83. The fourth-order valence-electron chi connectivity index (χ4n) is 10.0. The molecule has 0 saturated carbocycles. The molecule has 1 spiro atoms. The second kappa shape index (κ2) is 12.3. The molecular formula is C55H32N2OS. The monoisotopic (exact) mass is 768 g/mol. The molecule has 0 amide bonds. The highest BCUT2D eigenvalue weighted by Gasteiger charge is 2.51. The first kappa shape index (κ1) is 32.7. The Bertz CT molecular complexity index is 3540. The van der Waals surface area contributed by atoms with Gasteiger partial charge in [-0.2, -0.15) is 0 Å². The molecule has 1 aliphatic heterocycles. The topological polar surface area (TPSA) is 35.0 Å². The van der Waals surface area contributed by atoms with Crippen LogP contribution in [0.4, 0.5) is 0 Å². The Morgan fingerprint density at radius 3 is 1.95 bits per heavy atom. The first-order chi connectivity index (χ1) is 29.2. The number of fused-ring (bicyclic) bond motifs is 15. The fourth-order valence-corrected chi connectivity index (χ4v) is 11.2. The molecule has 2 aromatic heterocycles. The van der Waals surface area contributed by atoms with Gasteiger partial charge in [0.05, 0.1) is 21.3 Å². The largest absolute Gasteiger partial charge is 0.457 e. The molecule has 13 rings (SSSR count). The molecule has 0 saturated heterocycles. The summed E-state index contributed by atoms with van der Waals surface area (Å²) in [4.78, 5) is 10.8. The summed E-state index contributed by atoms with van der Waals surface area (Å²) < 4.78 is 9.11. The number of para-hydroxylation sites is 1. The van der Waals surface area contributed by atoms with Crippen molar-refractivity contribution in [2.45, 2.75) is 5.41 Å². The molecular weight excluding hydrogens is 737 g/mol. The number of ether oxygens (including phenoxy) is 1. The minimum absolute atomic E-state index is 0.608. The van der Waals surface area contributed by atoms with Crippen LogP contribution < -0.4 is 4.74 Å². The van der Waals surface area contributed by atoms with Gasteiger partial charge in [0, 0.05) is 32.3 Å². The fraction of sp³-hybridized carbons (Fsp3) is 0.0182. The van der Waals surface area contributed by atoms with Crippen molar-refractivity contribution in [3.05, 3.63) is 216 Å². The van der Waals surface area contributed by atoms with Crippen LogP contribution in [0.2, 0.25) is 0 Å². The summed E-state index contributed by atoms with van der Waals surface area (Å²) >= 11 is 1.76. The van der Waals surface area contributed by atoms with Gasteiger partial charge in [-0.1, -0.05) is 164 Å². The van der Waals surface area contributed by atoms with Gasteiger partial charge in [-0.05, 0) is 85.3 Å².